The van der Waals surface area contributed by atoms with E-state index in [1.807, 2.05) is 25.1 Å². The number of esters is 1. The first kappa shape index (κ1) is 17.2. The quantitative estimate of drug-likeness (QED) is 0.440. The number of ether oxygens (including phenoxy) is 2. The van der Waals surface area contributed by atoms with Crippen molar-refractivity contribution in [1.29, 1.82) is 5.26 Å². The molecule has 6 nitrogen and oxygen atoms in total. The number of hydrogen-bond donors (Lipinski definition) is 1. The highest BCUT2D eigenvalue weighted by atomic mass is 16.6. The molecule has 0 spiro atoms. The number of carbonyl (C=O) groups excluding carboxylic acids is 1. The van der Waals surface area contributed by atoms with Crippen LogP contribution in [0.3, 0.4) is 0 Å². The maximum absolute atomic E-state index is 11.1. The second-order valence-electron chi connectivity index (χ2n) is 5.78. The highest BCUT2D eigenvalue weighted by Gasteiger charge is 2.11. The molecule has 0 atom stereocenters. The minimum absolute atomic E-state index is 0.329. The Balaban J connectivity index is 2.00. The second-order valence-corrected chi connectivity index (χ2v) is 5.78. The van der Waals surface area contributed by atoms with Crippen molar-refractivity contribution in [3.63, 3.8) is 0 Å². The summed E-state index contributed by atoms with van der Waals surface area (Å²) < 4.78 is 10.3. The van der Waals surface area contributed by atoms with E-state index in [1.165, 1.54) is 14.0 Å². The molecule has 0 radical (unpaired) electrons. The minimum atomic E-state index is -0.429. The van der Waals surface area contributed by atoms with Gasteiger partial charge in [0.15, 0.2) is 11.5 Å². The van der Waals surface area contributed by atoms with Gasteiger partial charge in [-0.05, 0) is 48.4 Å². The molecule has 0 fully saturated rings. The van der Waals surface area contributed by atoms with Crippen molar-refractivity contribution in [2.75, 3.05) is 7.11 Å². The SMILES string of the molecule is COc1cc(/C=C(/C#N)c2nc3ccc(C)cc3[nH]2)ccc1OC(C)=O. The lowest BCUT2D eigenvalue weighted by molar-refractivity contribution is -0.132. The van der Waals surface area contributed by atoms with Crippen molar-refractivity contribution < 1.29 is 14.3 Å². The van der Waals surface area contributed by atoms with Crippen molar-refractivity contribution in [1.82, 2.24) is 9.97 Å². The summed E-state index contributed by atoms with van der Waals surface area (Å²) in [5, 5.41) is 9.54. The van der Waals surface area contributed by atoms with Crippen molar-refractivity contribution >= 4 is 28.7 Å². The molecule has 2 aromatic carbocycles. The van der Waals surface area contributed by atoms with Crippen LogP contribution in [-0.4, -0.2) is 23.0 Å². The molecule has 1 N–H and O–H groups in total. The molecule has 3 rings (SSSR count). The molecule has 0 saturated heterocycles. The molecule has 0 saturated carbocycles. The number of hydrogen-bond acceptors (Lipinski definition) is 5. The van der Waals surface area contributed by atoms with Gasteiger partial charge in [-0.25, -0.2) is 4.98 Å². The Hall–Kier alpha value is -3.59. The van der Waals surface area contributed by atoms with Crippen LogP contribution in [0.5, 0.6) is 11.5 Å². The first-order valence-electron chi connectivity index (χ1n) is 7.95. The molecule has 0 amide bonds. The lowest BCUT2D eigenvalue weighted by Gasteiger charge is -2.08. The highest BCUT2D eigenvalue weighted by molar-refractivity contribution is 5.90. The van der Waals surface area contributed by atoms with Gasteiger partial charge in [0.05, 0.1) is 23.7 Å². The van der Waals surface area contributed by atoms with Gasteiger partial charge < -0.3 is 14.5 Å². The normalized spacial score (nSPS) is 11.2. The van der Waals surface area contributed by atoms with E-state index in [1.54, 1.807) is 24.3 Å². The summed E-state index contributed by atoms with van der Waals surface area (Å²) in [4.78, 5) is 18.8. The summed E-state index contributed by atoms with van der Waals surface area (Å²) in [6, 6.07) is 13.1. The van der Waals surface area contributed by atoms with E-state index >= 15 is 0 Å². The number of aryl methyl sites for hydroxylation is 1. The average molecular weight is 347 g/mol. The number of aromatic amines is 1. The number of nitrogens with zero attached hydrogens (tertiary/aromatic N) is 2. The van der Waals surface area contributed by atoms with Crippen LogP contribution >= 0.6 is 0 Å². The third-order valence-electron chi connectivity index (χ3n) is 3.77. The molecule has 1 aromatic heterocycles. The van der Waals surface area contributed by atoms with E-state index in [2.05, 4.69) is 16.0 Å². The predicted molar refractivity (Wildman–Crippen MR) is 98.6 cm³/mol. The minimum Gasteiger partial charge on any atom is -0.493 e. The molecule has 1 heterocycles. The molecule has 0 aliphatic rings. The number of benzene rings is 2. The summed E-state index contributed by atoms with van der Waals surface area (Å²) in [6.45, 7) is 3.32. The largest absolute Gasteiger partial charge is 0.493 e. The summed E-state index contributed by atoms with van der Waals surface area (Å²) in [6.07, 6.45) is 1.70. The first-order chi connectivity index (χ1) is 12.5. The number of imidazole rings is 1. The number of allylic oxidation sites excluding steroid dienone is 1. The van der Waals surface area contributed by atoms with Crippen molar-refractivity contribution in [2.45, 2.75) is 13.8 Å². The van der Waals surface area contributed by atoms with Gasteiger partial charge in [-0.2, -0.15) is 5.26 Å². The fourth-order valence-corrected chi connectivity index (χ4v) is 2.58. The van der Waals surface area contributed by atoms with Crippen LogP contribution in [0, 0.1) is 18.3 Å². The van der Waals surface area contributed by atoms with Crippen molar-refractivity contribution in [2.24, 2.45) is 0 Å². The Labute approximate surface area is 150 Å². The zero-order valence-electron chi connectivity index (χ0n) is 14.7. The molecular weight excluding hydrogens is 330 g/mol. The molecule has 0 unspecified atom stereocenters. The summed E-state index contributed by atoms with van der Waals surface area (Å²) in [5.41, 5.74) is 3.91. The van der Waals surface area contributed by atoms with Crippen molar-refractivity contribution in [3.8, 4) is 17.6 Å². The Kier molecular flexibility index (Phi) is 4.72. The number of H-pyrrole nitrogens is 1. The lowest BCUT2D eigenvalue weighted by Crippen LogP contribution is -2.03. The maximum Gasteiger partial charge on any atom is 0.308 e. The van der Waals surface area contributed by atoms with Gasteiger partial charge in [0.2, 0.25) is 0 Å². The Morgan fingerprint density at radius 1 is 1.23 bits per heavy atom. The van der Waals surface area contributed by atoms with Gasteiger partial charge in [0.1, 0.15) is 11.9 Å². The zero-order valence-corrected chi connectivity index (χ0v) is 14.7. The smallest absolute Gasteiger partial charge is 0.308 e. The van der Waals surface area contributed by atoms with E-state index < -0.39 is 5.97 Å². The Morgan fingerprint density at radius 3 is 2.73 bits per heavy atom. The van der Waals surface area contributed by atoms with Crippen LogP contribution in [-0.2, 0) is 4.79 Å². The Morgan fingerprint density at radius 2 is 2.04 bits per heavy atom. The second kappa shape index (κ2) is 7.11. The van der Waals surface area contributed by atoms with Gasteiger partial charge in [0.25, 0.3) is 0 Å². The Bertz CT molecular complexity index is 1060. The summed E-state index contributed by atoms with van der Waals surface area (Å²) in [7, 11) is 1.49. The molecule has 0 aliphatic heterocycles. The summed E-state index contributed by atoms with van der Waals surface area (Å²) in [5.74, 6) is 0.805. The third-order valence-corrected chi connectivity index (χ3v) is 3.77. The van der Waals surface area contributed by atoms with E-state index in [-0.39, 0.29) is 0 Å². The fourth-order valence-electron chi connectivity index (χ4n) is 2.58. The van der Waals surface area contributed by atoms with Crippen LogP contribution < -0.4 is 9.47 Å². The van der Waals surface area contributed by atoms with Crippen LogP contribution in [0.25, 0.3) is 22.7 Å². The van der Waals surface area contributed by atoms with Crippen LogP contribution in [0.15, 0.2) is 36.4 Å². The van der Waals surface area contributed by atoms with Gasteiger partial charge in [-0.1, -0.05) is 12.1 Å². The van der Waals surface area contributed by atoms with Crippen LogP contribution in [0.4, 0.5) is 0 Å². The van der Waals surface area contributed by atoms with Gasteiger partial charge in [-0.3, -0.25) is 4.79 Å². The topological polar surface area (TPSA) is 88.0 Å². The fraction of sp³-hybridized carbons (Fsp3) is 0.150. The van der Waals surface area contributed by atoms with E-state index in [0.29, 0.717) is 22.9 Å². The first-order valence-corrected chi connectivity index (χ1v) is 7.95. The number of aromatic nitrogens is 2. The lowest BCUT2D eigenvalue weighted by atomic mass is 10.1. The van der Waals surface area contributed by atoms with Gasteiger partial charge in [0, 0.05) is 6.92 Å². The van der Waals surface area contributed by atoms with E-state index in [9.17, 15) is 10.1 Å². The maximum atomic E-state index is 11.1. The molecular formula is C20H17N3O3. The van der Waals surface area contributed by atoms with Gasteiger partial charge >= 0.3 is 5.97 Å². The zero-order chi connectivity index (χ0) is 18.7. The number of fused-ring (bicyclic) bond motifs is 1. The third kappa shape index (κ3) is 3.57. The number of methoxy groups -OCH3 is 1. The number of rotatable bonds is 4. The molecule has 26 heavy (non-hydrogen) atoms. The van der Waals surface area contributed by atoms with Crippen molar-refractivity contribution in [3.05, 3.63) is 53.3 Å². The standard InChI is InChI=1S/C20H17N3O3/c1-12-4-6-16-17(8-12)23-20(22-16)15(11-21)9-14-5-7-18(26-13(2)24)19(10-14)25-3/h4-10H,1-3H3,(H,22,23)/b15-9-. The molecule has 130 valence electrons. The molecule has 3 aromatic rings. The number of carbonyl (C=O) groups is 1. The van der Waals surface area contributed by atoms with Crippen LogP contribution in [0.2, 0.25) is 0 Å². The molecule has 6 heteroatoms. The summed E-state index contributed by atoms with van der Waals surface area (Å²) >= 11 is 0. The van der Waals surface area contributed by atoms with Gasteiger partial charge in [-0.15, -0.1) is 0 Å². The average Bonchev–Trinajstić information content (AvgIpc) is 3.03. The number of nitriles is 1. The predicted octanol–water partition coefficient (Wildman–Crippen LogP) is 3.87. The molecule has 0 bridgehead atoms. The highest BCUT2D eigenvalue weighted by Crippen LogP contribution is 2.30. The molecule has 0 aliphatic carbocycles. The van der Waals surface area contributed by atoms with E-state index in [0.717, 1.165) is 22.2 Å². The number of nitrogens with one attached hydrogen (secondary N) is 1. The van der Waals surface area contributed by atoms with E-state index in [4.69, 9.17) is 9.47 Å². The monoisotopic (exact) mass is 347 g/mol. The van der Waals surface area contributed by atoms with Crippen LogP contribution in [0.1, 0.15) is 23.9 Å².